The summed E-state index contributed by atoms with van der Waals surface area (Å²) in [6, 6.07) is 0. The fraction of sp³-hybridized carbons (Fsp3) is 0.933. The van der Waals surface area contributed by atoms with Gasteiger partial charge in [-0.15, -0.1) is 0 Å². The molecule has 0 radical (unpaired) electrons. The van der Waals surface area contributed by atoms with Crippen molar-refractivity contribution in [3.63, 3.8) is 0 Å². The molecule has 1 rings (SSSR count). The molecule has 1 N–H and O–H groups in total. The number of aliphatic hydroxyl groups is 1. The van der Waals surface area contributed by atoms with Crippen LogP contribution < -0.4 is 0 Å². The van der Waals surface area contributed by atoms with Crippen molar-refractivity contribution in [1.82, 2.24) is 0 Å². The maximum absolute atomic E-state index is 11.8. The van der Waals surface area contributed by atoms with E-state index in [0.717, 1.165) is 32.1 Å². The van der Waals surface area contributed by atoms with Gasteiger partial charge in [0.2, 0.25) is 0 Å². The molecule has 3 unspecified atom stereocenters. The zero-order chi connectivity index (χ0) is 13.8. The van der Waals surface area contributed by atoms with Gasteiger partial charge >= 0.3 is 5.97 Å². The molecule has 3 atom stereocenters. The minimum Gasteiger partial charge on any atom is -0.469 e. The van der Waals surface area contributed by atoms with Crippen LogP contribution in [0.4, 0.5) is 0 Å². The van der Waals surface area contributed by atoms with Crippen molar-refractivity contribution < 1.29 is 14.6 Å². The van der Waals surface area contributed by atoms with Gasteiger partial charge in [-0.3, -0.25) is 4.79 Å². The van der Waals surface area contributed by atoms with Gasteiger partial charge in [-0.25, -0.2) is 0 Å². The van der Waals surface area contributed by atoms with E-state index in [2.05, 4.69) is 13.8 Å². The van der Waals surface area contributed by atoms with Gasteiger partial charge in [-0.2, -0.15) is 0 Å². The van der Waals surface area contributed by atoms with Crippen LogP contribution in [0.1, 0.15) is 59.3 Å². The van der Waals surface area contributed by atoms with E-state index in [0.29, 0.717) is 18.3 Å². The normalized spacial score (nSPS) is 30.9. The summed E-state index contributed by atoms with van der Waals surface area (Å²) in [7, 11) is 1.40. The fourth-order valence-corrected chi connectivity index (χ4v) is 3.30. The van der Waals surface area contributed by atoms with Crippen LogP contribution in [-0.2, 0) is 9.53 Å². The third-order valence-corrected chi connectivity index (χ3v) is 4.62. The van der Waals surface area contributed by atoms with Gasteiger partial charge in [0.1, 0.15) is 0 Å². The highest BCUT2D eigenvalue weighted by Gasteiger charge is 2.42. The molecule has 1 aliphatic rings. The third kappa shape index (κ3) is 3.47. The molecule has 0 amide bonds. The number of rotatable bonds is 4. The monoisotopic (exact) mass is 256 g/mol. The molecular formula is C15H28O3. The molecule has 0 aromatic rings. The molecular weight excluding hydrogens is 228 g/mol. The van der Waals surface area contributed by atoms with Crippen molar-refractivity contribution in [1.29, 1.82) is 0 Å². The number of carbonyl (C=O) groups excluding carboxylic acids is 1. The predicted molar refractivity (Wildman–Crippen MR) is 72.2 cm³/mol. The second-order valence-corrected chi connectivity index (χ2v) is 6.02. The number of hydrogen-bond donors (Lipinski definition) is 1. The standard InChI is InChI=1S/C15H28O3/c1-5-13(14(16)18-4)15(17)9-6-7-12(8-10-15)11(2)3/h11-13,17H,5-10H2,1-4H3. The zero-order valence-corrected chi connectivity index (χ0v) is 12.2. The highest BCUT2D eigenvalue weighted by atomic mass is 16.5. The molecule has 1 fully saturated rings. The molecule has 0 spiro atoms. The number of methoxy groups -OCH3 is 1. The molecule has 0 aromatic heterocycles. The predicted octanol–water partition coefficient (Wildman–Crippen LogP) is 3.15. The molecule has 0 aliphatic heterocycles. The van der Waals surface area contributed by atoms with Crippen LogP contribution in [-0.4, -0.2) is 23.8 Å². The van der Waals surface area contributed by atoms with Crippen LogP contribution in [0.5, 0.6) is 0 Å². The number of ether oxygens (including phenoxy) is 1. The number of carbonyl (C=O) groups is 1. The maximum atomic E-state index is 11.8. The Morgan fingerprint density at radius 3 is 2.56 bits per heavy atom. The quantitative estimate of drug-likeness (QED) is 0.621. The second kappa shape index (κ2) is 6.55. The minimum absolute atomic E-state index is 0.261. The minimum atomic E-state index is -0.856. The van der Waals surface area contributed by atoms with Crippen molar-refractivity contribution in [2.75, 3.05) is 7.11 Å². The van der Waals surface area contributed by atoms with Crippen molar-refractivity contribution in [2.45, 2.75) is 64.9 Å². The molecule has 0 bridgehead atoms. The third-order valence-electron chi connectivity index (χ3n) is 4.62. The molecule has 0 aromatic carbocycles. The lowest BCUT2D eigenvalue weighted by Crippen LogP contribution is -2.42. The van der Waals surface area contributed by atoms with Gasteiger partial charge in [0, 0.05) is 0 Å². The Labute approximate surface area is 111 Å². The first-order valence-corrected chi connectivity index (χ1v) is 7.24. The van der Waals surface area contributed by atoms with Crippen LogP contribution in [0.25, 0.3) is 0 Å². The lowest BCUT2D eigenvalue weighted by atomic mass is 9.79. The average Bonchev–Trinajstić information content (AvgIpc) is 2.52. The summed E-state index contributed by atoms with van der Waals surface area (Å²) in [5.41, 5.74) is -0.856. The maximum Gasteiger partial charge on any atom is 0.311 e. The molecule has 3 heteroatoms. The van der Waals surface area contributed by atoms with Gasteiger partial charge in [0.25, 0.3) is 0 Å². The van der Waals surface area contributed by atoms with Crippen molar-refractivity contribution in [3.8, 4) is 0 Å². The van der Waals surface area contributed by atoms with E-state index in [-0.39, 0.29) is 11.9 Å². The first-order chi connectivity index (χ1) is 8.44. The molecule has 18 heavy (non-hydrogen) atoms. The van der Waals surface area contributed by atoms with Crippen LogP contribution in [0.15, 0.2) is 0 Å². The molecule has 0 heterocycles. The van der Waals surface area contributed by atoms with Crippen LogP contribution in [0.3, 0.4) is 0 Å². The summed E-state index contributed by atoms with van der Waals surface area (Å²) < 4.78 is 4.84. The van der Waals surface area contributed by atoms with Gasteiger partial charge in [-0.05, 0) is 37.5 Å². The topological polar surface area (TPSA) is 46.5 Å². The Morgan fingerprint density at radius 1 is 1.39 bits per heavy atom. The smallest absolute Gasteiger partial charge is 0.311 e. The van der Waals surface area contributed by atoms with E-state index in [1.54, 1.807) is 0 Å². The molecule has 0 saturated heterocycles. The summed E-state index contributed by atoms with van der Waals surface area (Å²) in [4.78, 5) is 11.8. The van der Waals surface area contributed by atoms with Crippen LogP contribution >= 0.6 is 0 Å². The first kappa shape index (κ1) is 15.5. The highest BCUT2D eigenvalue weighted by molar-refractivity contribution is 5.73. The van der Waals surface area contributed by atoms with Crippen LogP contribution in [0.2, 0.25) is 0 Å². The van der Waals surface area contributed by atoms with Crippen molar-refractivity contribution in [3.05, 3.63) is 0 Å². The Kier molecular flexibility index (Phi) is 5.64. The molecule has 1 saturated carbocycles. The first-order valence-electron chi connectivity index (χ1n) is 7.24. The lowest BCUT2D eigenvalue weighted by molar-refractivity contribution is -0.157. The number of hydrogen-bond acceptors (Lipinski definition) is 3. The second-order valence-electron chi connectivity index (χ2n) is 6.02. The SMILES string of the molecule is CCC(C(=O)OC)C1(O)CCCC(C(C)C)CC1. The van der Waals surface area contributed by atoms with Crippen LogP contribution in [0, 0.1) is 17.8 Å². The van der Waals surface area contributed by atoms with Gasteiger partial charge in [0.05, 0.1) is 18.6 Å². The Bertz CT molecular complexity index is 275. The summed E-state index contributed by atoms with van der Waals surface area (Å²) in [6.45, 7) is 6.43. The van der Waals surface area contributed by atoms with E-state index < -0.39 is 5.60 Å². The Balaban J connectivity index is 2.76. The average molecular weight is 256 g/mol. The molecule has 106 valence electrons. The van der Waals surface area contributed by atoms with E-state index in [1.165, 1.54) is 7.11 Å². The molecule has 3 nitrogen and oxygen atoms in total. The van der Waals surface area contributed by atoms with E-state index >= 15 is 0 Å². The summed E-state index contributed by atoms with van der Waals surface area (Å²) in [6.07, 6.45) is 5.29. The van der Waals surface area contributed by atoms with Gasteiger partial charge in [-0.1, -0.05) is 33.6 Å². The Hall–Kier alpha value is -0.570. The van der Waals surface area contributed by atoms with E-state index in [4.69, 9.17) is 4.74 Å². The Morgan fingerprint density at radius 2 is 2.06 bits per heavy atom. The van der Waals surface area contributed by atoms with Crippen molar-refractivity contribution in [2.24, 2.45) is 17.8 Å². The summed E-state index contributed by atoms with van der Waals surface area (Å²) in [5, 5.41) is 10.8. The number of esters is 1. The van der Waals surface area contributed by atoms with Gasteiger partial charge in [0.15, 0.2) is 0 Å². The summed E-state index contributed by atoms with van der Waals surface area (Å²) in [5.74, 6) is 0.705. The summed E-state index contributed by atoms with van der Waals surface area (Å²) >= 11 is 0. The van der Waals surface area contributed by atoms with Gasteiger partial charge < -0.3 is 9.84 Å². The van der Waals surface area contributed by atoms with E-state index in [1.807, 2.05) is 6.92 Å². The van der Waals surface area contributed by atoms with Crippen molar-refractivity contribution >= 4 is 5.97 Å². The zero-order valence-electron chi connectivity index (χ0n) is 12.2. The largest absolute Gasteiger partial charge is 0.469 e. The molecule has 1 aliphatic carbocycles. The lowest BCUT2D eigenvalue weighted by Gasteiger charge is -2.33. The highest BCUT2D eigenvalue weighted by Crippen LogP contribution is 2.39. The fourth-order valence-electron chi connectivity index (χ4n) is 3.30. The van der Waals surface area contributed by atoms with E-state index in [9.17, 15) is 9.90 Å².